The molecule has 4 aliphatic rings. The summed E-state index contributed by atoms with van der Waals surface area (Å²) >= 11 is 6.33. The van der Waals surface area contributed by atoms with E-state index in [-0.39, 0.29) is 38.0 Å². The number of pyridine rings is 2. The van der Waals surface area contributed by atoms with Crippen LogP contribution in [0.2, 0.25) is 5.15 Å². The molecule has 3 aromatic rings. The first-order valence-corrected chi connectivity index (χ1v) is 17.6. The van der Waals surface area contributed by atoms with Crippen LogP contribution in [0.5, 0.6) is 5.88 Å². The number of sulfonamides is 1. The maximum absolute atomic E-state index is 13.0. The van der Waals surface area contributed by atoms with Crippen LogP contribution in [-0.4, -0.2) is 59.3 Å². The Hall–Kier alpha value is -3.22. The van der Waals surface area contributed by atoms with Crippen molar-refractivity contribution in [2.45, 2.75) is 75.8 Å². The first-order valence-electron chi connectivity index (χ1n) is 16.3. The molecule has 1 atom stereocenters. The van der Waals surface area contributed by atoms with E-state index < -0.39 is 15.9 Å². The van der Waals surface area contributed by atoms with Gasteiger partial charge < -0.3 is 15.4 Å². The minimum absolute atomic E-state index is 0.107. The molecule has 0 aromatic carbocycles. The molecule has 1 aliphatic heterocycles. The van der Waals surface area contributed by atoms with Gasteiger partial charge in [0.15, 0.2) is 10.8 Å². The molecular formula is C32H40ClN7O4S. The van der Waals surface area contributed by atoms with Crippen LogP contribution in [0.3, 0.4) is 0 Å². The number of nitrogens with zero attached hydrogens (tertiary/aromatic N) is 4. The van der Waals surface area contributed by atoms with Gasteiger partial charge in [-0.2, -0.15) is 8.42 Å². The Morgan fingerprint density at radius 1 is 1.13 bits per heavy atom. The Balaban J connectivity index is 0.916. The van der Waals surface area contributed by atoms with Crippen molar-refractivity contribution in [2.75, 3.05) is 25.0 Å². The Kier molecular flexibility index (Phi) is 7.29. The van der Waals surface area contributed by atoms with Crippen molar-refractivity contribution < 1.29 is 19.3 Å². The molecular weight excluding hydrogens is 614 g/mol. The summed E-state index contributed by atoms with van der Waals surface area (Å²) in [5, 5.41) is 10.7. The molecule has 0 radical (unpaired) electrons. The van der Waals surface area contributed by atoms with Crippen LogP contribution in [0.15, 0.2) is 47.6 Å². The molecule has 1 amide bonds. The number of halogens is 1. The van der Waals surface area contributed by atoms with Gasteiger partial charge in [-0.1, -0.05) is 17.7 Å². The third-order valence-electron chi connectivity index (χ3n) is 9.98. The lowest BCUT2D eigenvalue weighted by atomic mass is 9.94. The van der Waals surface area contributed by atoms with E-state index in [0.29, 0.717) is 43.0 Å². The van der Waals surface area contributed by atoms with E-state index in [0.717, 1.165) is 25.8 Å². The van der Waals surface area contributed by atoms with Gasteiger partial charge in [-0.05, 0) is 119 Å². The van der Waals surface area contributed by atoms with Gasteiger partial charge in [0.1, 0.15) is 11.0 Å². The maximum Gasteiger partial charge on any atom is 0.281 e. The number of hydrogen-bond acceptors (Lipinski definition) is 9. The summed E-state index contributed by atoms with van der Waals surface area (Å²) in [5.41, 5.74) is 0.595. The van der Waals surface area contributed by atoms with Gasteiger partial charge in [0.25, 0.3) is 15.9 Å². The fourth-order valence-corrected chi connectivity index (χ4v) is 8.66. The summed E-state index contributed by atoms with van der Waals surface area (Å²) in [6.07, 6.45) is 10.2. The highest BCUT2D eigenvalue weighted by Gasteiger charge is 2.85. The van der Waals surface area contributed by atoms with Crippen LogP contribution >= 0.6 is 11.6 Å². The topological polar surface area (TPSA) is 140 Å². The van der Waals surface area contributed by atoms with Crippen molar-refractivity contribution in [1.82, 2.24) is 29.8 Å². The molecule has 2 spiro atoms. The summed E-state index contributed by atoms with van der Waals surface area (Å²) in [6, 6.07) is 9.22. The van der Waals surface area contributed by atoms with E-state index in [4.69, 9.17) is 17.7 Å². The molecule has 3 aliphatic carbocycles. The highest BCUT2D eigenvalue weighted by atomic mass is 35.5. The highest BCUT2D eigenvalue weighted by molar-refractivity contribution is 7.90. The van der Waals surface area contributed by atoms with Crippen molar-refractivity contribution in [1.29, 1.82) is 0 Å². The summed E-state index contributed by atoms with van der Waals surface area (Å²) < 4.78 is 44.4. The predicted molar refractivity (Wildman–Crippen MR) is 170 cm³/mol. The minimum atomic E-state index is -4.28. The molecule has 3 N–H and O–H groups in total. The van der Waals surface area contributed by atoms with E-state index in [1.165, 1.54) is 48.6 Å². The van der Waals surface area contributed by atoms with Crippen molar-refractivity contribution in [3.63, 3.8) is 0 Å². The number of aromatic nitrogens is 4. The molecule has 4 fully saturated rings. The molecule has 3 aromatic heterocycles. The quantitative estimate of drug-likeness (QED) is 0.172. The number of carbonyl (C=O) groups excluding carboxylic acids is 1. The third kappa shape index (κ3) is 6.04. The van der Waals surface area contributed by atoms with Crippen LogP contribution in [0.25, 0.3) is 5.82 Å². The Morgan fingerprint density at radius 3 is 2.60 bits per heavy atom. The van der Waals surface area contributed by atoms with E-state index >= 15 is 0 Å². The van der Waals surface area contributed by atoms with Crippen LogP contribution in [0.1, 0.15) is 76.9 Å². The molecule has 4 heterocycles. The number of ether oxygens (including phenoxy) is 1. The summed E-state index contributed by atoms with van der Waals surface area (Å²) in [5.74, 6) is 0.508. The standard InChI is InChI=1S/C32H40ClN7O4S/c1-30(2)19-21(20-35-30)5-4-16-34-24-6-3-7-27(36-24)45(42,43)39-29(41)22-8-9-25(37-28(22)33)40-17-10-26(38-40)44-18-11-23-31(12-13-31)32(23)14-15-32/h3,6-10,17,21,23,35H,4-5,11-16,18-20H2,1-2H3,(H,34,36)(H,39,41)/t21-/m0/s1/i23D. The SMILES string of the molecule is [2H]C1(CCOc2ccn(-c3ccc(C(=O)NS(=O)(=O)c4cccc(NCCC[C@@H]5CNC(C)(C)C5)n4)c(Cl)n3)n2)C2(CC2)C12CC2. The minimum Gasteiger partial charge on any atom is -0.477 e. The van der Waals surface area contributed by atoms with Crippen LogP contribution < -0.4 is 20.1 Å². The second-order valence-electron chi connectivity index (χ2n) is 13.5. The maximum atomic E-state index is 13.0. The first-order chi connectivity index (χ1) is 21.9. The second kappa shape index (κ2) is 11.2. The van der Waals surface area contributed by atoms with Crippen molar-refractivity contribution in [3.05, 3.63) is 53.3 Å². The zero-order valence-corrected chi connectivity index (χ0v) is 27.2. The first kappa shape index (κ1) is 29.2. The number of amides is 1. The average molecular weight is 655 g/mol. The zero-order chi connectivity index (χ0) is 32.4. The molecule has 3 saturated carbocycles. The highest BCUT2D eigenvalue weighted by Crippen LogP contribution is 2.93. The lowest BCUT2D eigenvalue weighted by Crippen LogP contribution is -2.31. The van der Waals surface area contributed by atoms with Gasteiger partial charge in [-0.3, -0.25) is 4.79 Å². The predicted octanol–water partition coefficient (Wildman–Crippen LogP) is 4.97. The normalized spacial score (nSPS) is 23.0. The van der Waals surface area contributed by atoms with Crippen LogP contribution in [0.4, 0.5) is 5.82 Å². The van der Waals surface area contributed by atoms with Crippen molar-refractivity contribution >= 4 is 33.3 Å². The molecule has 0 bridgehead atoms. The number of fused-ring (bicyclic) bond motifs is 1. The van der Waals surface area contributed by atoms with Gasteiger partial charge in [0.2, 0.25) is 5.88 Å². The Bertz CT molecular complexity index is 1750. The Morgan fingerprint density at radius 2 is 1.91 bits per heavy atom. The number of hydrogen-bond donors (Lipinski definition) is 3. The lowest BCUT2D eigenvalue weighted by molar-refractivity contribution is 0.0981. The monoisotopic (exact) mass is 654 g/mol. The number of carbonyl (C=O) groups is 1. The van der Waals surface area contributed by atoms with Crippen LogP contribution in [0, 0.1) is 22.6 Å². The molecule has 1 saturated heterocycles. The molecule has 13 heteroatoms. The van der Waals surface area contributed by atoms with E-state index in [1.54, 1.807) is 24.4 Å². The Labute approximate surface area is 270 Å². The molecule has 7 rings (SSSR count). The van der Waals surface area contributed by atoms with Crippen molar-refractivity contribution in [2.24, 2.45) is 22.6 Å². The van der Waals surface area contributed by atoms with E-state index in [2.05, 4.69) is 39.5 Å². The number of anilines is 1. The van der Waals surface area contributed by atoms with Gasteiger partial charge in [-0.15, -0.1) is 5.10 Å². The fraction of sp³-hybridized carbons (Fsp3) is 0.562. The second-order valence-corrected chi connectivity index (χ2v) is 15.5. The number of rotatable bonds is 13. The molecule has 45 heavy (non-hydrogen) atoms. The van der Waals surface area contributed by atoms with Gasteiger partial charge in [-0.25, -0.2) is 19.4 Å². The summed E-state index contributed by atoms with van der Waals surface area (Å²) in [4.78, 5) is 21.4. The smallest absolute Gasteiger partial charge is 0.281 e. The van der Waals surface area contributed by atoms with Crippen molar-refractivity contribution in [3.8, 4) is 11.7 Å². The van der Waals surface area contributed by atoms with E-state index in [9.17, 15) is 13.2 Å². The van der Waals surface area contributed by atoms with Gasteiger partial charge >= 0.3 is 0 Å². The zero-order valence-electron chi connectivity index (χ0n) is 26.6. The van der Waals surface area contributed by atoms with Crippen LogP contribution in [-0.2, 0) is 10.0 Å². The third-order valence-corrected chi connectivity index (χ3v) is 11.5. The molecule has 11 nitrogen and oxygen atoms in total. The summed E-state index contributed by atoms with van der Waals surface area (Å²) in [7, 11) is -4.28. The average Bonchev–Trinajstić information content (AvgIpc) is 3.95. The van der Waals surface area contributed by atoms with Gasteiger partial charge in [0.05, 0.1) is 12.2 Å². The van der Waals surface area contributed by atoms with Gasteiger partial charge in [0, 0.05) is 25.7 Å². The fourth-order valence-electron chi connectivity index (χ4n) is 7.49. The summed E-state index contributed by atoms with van der Waals surface area (Å²) in [6.45, 7) is 6.51. The number of nitrogens with one attached hydrogen (secondary N) is 3. The molecule has 0 unspecified atom stereocenters. The van der Waals surface area contributed by atoms with E-state index in [1.807, 2.05) is 4.72 Å². The largest absolute Gasteiger partial charge is 0.477 e. The lowest BCUT2D eigenvalue weighted by Gasteiger charge is -2.17. The molecule has 240 valence electrons.